The molecule has 1 aromatic carbocycles. The molecule has 1 N–H and O–H groups in total. The first-order valence-electron chi connectivity index (χ1n) is 11.9. The van der Waals surface area contributed by atoms with Crippen LogP contribution in [0.5, 0.6) is 0 Å². The Bertz CT molecular complexity index is 993. The molecule has 6 nitrogen and oxygen atoms in total. The number of rotatable bonds is 5. The fourth-order valence-electron chi connectivity index (χ4n) is 4.97. The van der Waals surface area contributed by atoms with Gasteiger partial charge in [0.2, 0.25) is 11.8 Å². The molecule has 1 aromatic heterocycles. The second kappa shape index (κ2) is 8.66. The number of hydrogen-bond acceptors (Lipinski definition) is 4. The van der Waals surface area contributed by atoms with Gasteiger partial charge in [-0.1, -0.05) is 19.1 Å². The van der Waals surface area contributed by atoms with E-state index in [1.807, 2.05) is 24.0 Å². The third-order valence-corrected chi connectivity index (χ3v) is 7.43. The first-order valence-corrected chi connectivity index (χ1v) is 11.9. The van der Waals surface area contributed by atoms with Gasteiger partial charge in [0.05, 0.1) is 17.3 Å². The molecule has 2 saturated heterocycles. The first-order chi connectivity index (χ1) is 15.5. The number of aromatic nitrogens is 1. The molecule has 3 aliphatic rings. The van der Waals surface area contributed by atoms with Gasteiger partial charge in [-0.3, -0.25) is 19.5 Å². The van der Waals surface area contributed by atoms with Gasteiger partial charge < -0.3 is 10.2 Å². The van der Waals surface area contributed by atoms with E-state index in [-0.39, 0.29) is 17.7 Å². The van der Waals surface area contributed by atoms with Gasteiger partial charge in [-0.2, -0.15) is 0 Å². The van der Waals surface area contributed by atoms with E-state index in [9.17, 15) is 9.59 Å². The Balaban J connectivity index is 1.31. The van der Waals surface area contributed by atoms with E-state index >= 15 is 0 Å². The Morgan fingerprint density at radius 1 is 1.09 bits per heavy atom. The Hall–Kier alpha value is -2.73. The monoisotopic (exact) mass is 432 g/mol. The Labute approximate surface area is 190 Å². The molecule has 0 spiro atoms. The fraction of sp³-hybridized carbons (Fsp3) is 0.500. The fourth-order valence-corrected chi connectivity index (χ4v) is 4.97. The molecule has 3 heterocycles. The zero-order valence-corrected chi connectivity index (χ0v) is 19.0. The molecule has 2 aromatic rings. The summed E-state index contributed by atoms with van der Waals surface area (Å²) in [6.07, 6.45) is 4.83. The lowest BCUT2D eigenvalue weighted by Gasteiger charge is -2.34. The molecule has 2 atom stereocenters. The van der Waals surface area contributed by atoms with Crippen LogP contribution in [0.25, 0.3) is 0 Å². The summed E-state index contributed by atoms with van der Waals surface area (Å²) >= 11 is 0. The molecule has 0 radical (unpaired) electrons. The van der Waals surface area contributed by atoms with Crippen LogP contribution in [0.4, 0.5) is 11.4 Å². The Morgan fingerprint density at radius 3 is 2.34 bits per heavy atom. The number of benzene rings is 1. The van der Waals surface area contributed by atoms with Gasteiger partial charge >= 0.3 is 0 Å². The van der Waals surface area contributed by atoms with Crippen molar-refractivity contribution < 1.29 is 9.59 Å². The predicted molar refractivity (Wildman–Crippen MR) is 125 cm³/mol. The number of nitrogens with one attached hydrogen (secondary N) is 1. The summed E-state index contributed by atoms with van der Waals surface area (Å²) in [5.74, 6) is 1.79. The van der Waals surface area contributed by atoms with Gasteiger partial charge in [0.15, 0.2) is 0 Å². The molecule has 5 rings (SSSR count). The van der Waals surface area contributed by atoms with Crippen molar-refractivity contribution in [1.29, 1.82) is 0 Å². The van der Waals surface area contributed by atoms with E-state index in [4.69, 9.17) is 0 Å². The number of likely N-dealkylation sites (tertiary alicyclic amines) is 1. The van der Waals surface area contributed by atoms with Crippen molar-refractivity contribution in [3.63, 3.8) is 0 Å². The van der Waals surface area contributed by atoms with Crippen LogP contribution in [0.3, 0.4) is 0 Å². The number of pyridine rings is 1. The van der Waals surface area contributed by atoms with Crippen molar-refractivity contribution in [3.8, 4) is 0 Å². The smallest absolute Gasteiger partial charge is 0.237 e. The summed E-state index contributed by atoms with van der Waals surface area (Å²) in [6, 6.07) is 12.3. The van der Waals surface area contributed by atoms with Gasteiger partial charge in [0.25, 0.3) is 0 Å². The van der Waals surface area contributed by atoms with Crippen molar-refractivity contribution in [2.75, 3.05) is 31.1 Å². The number of piperidine rings is 1. The highest BCUT2D eigenvalue weighted by atomic mass is 16.2. The molecule has 2 unspecified atom stereocenters. The van der Waals surface area contributed by atoms with Crippen LogP contribution in [-0.4, -0.2) is 47.9 Å². The number of nitrogens with zero attached hydrogens (tertiary/aromatic N) is 3. The summed E-state index contributed by atoms with van der Waals surface area (Å²) in [5, 5.41) is 3.20. The molecular formula is C26H32N4O2. The Kier molecular flexibility index (Phi) is 5.72. The van der Waals surface area contributed by atoms with Crippen LogP contribution in [0.1, 0.15) is 43.4 Å². The lowest BCUT2D eigenvalue weighted by atomic mass is 9.89. The lowest BCUT2D eigenvalue weighted by Crippen LogP contribution is -2.51. The number of hydrogen-bond donors (Lipinski definition) is 1. The molecule has 0 bridgehead atoms. The van der Waals surface area contributed by atoms with E-state index in [1.165, 1.54) is 5.56 Å². The molecule has 32 heavy (non-hydrogen) atoms. The van der Waals surface area contributed by atoms with Crippen molar-refractivity contribution in [2.45, 2.75) is 39.0 Å². The van der Waals surface area contributed by atoms with Crippen LogP contribution in [0.15, 0.2) is 42.6 Å². The van der Waals surface area contributed by atoms with Crippen LogP contribution >= 0.6 is 0 Å². The van der Waals surface area contributed by atoms with Crippen molar-refractivity contribution in [3.05, 3.63) is 53.9 Å². The van der Waals surface area contributed by atoms with Gasteiger partial charge in [0.1, 0.15) is 0 Å². The van der Waals surface area contributed by atoms with Gasteiger partial charge in [0, 0.05) is 44.0 Å². The summed E-state index contributed by atoms with van der Waals surface area (Å²) in [4.78, 5) is 34.1. The molecule has 1 aliphatic carbocycles. The van der Waals surface area contributed by atoms with E-state index in [0.717, 1.165) is 62.5 Å². The number of amides is 2. The molecule has 1 saturated carbocycles. The minimum atomic E-state index is 0.00494. The number of carbonyl (C=O) groups excluding carboxylic acids is 2. The zero-order chi connectivity index (χ0) is 22.2. The van der Waals surface area contributed by atoms with E-state index in [2.05, 4.69) is 46.4 Å². The lowest BCUT2D eigenvalue weighted by molar-refractivity contribution is -0.134. The standard InChI is InChI=1S/C26H32N4O2/c1-17-14-23(17)26(32)29-12-9-20(10-13-29)19-5-7-22(8-6-19)30(25(31)21-15-27-16-21)24-4-3-11-28-18(24)2/h3-8,11,17,20-21,23,27H,9-10,12-16H2,1-2H3. The van der Waals surface area contributed by atoms with Crippen LogP contribution in [0, 0.1) is 24.7 Å². The summed E-state index contributed by atoms with van der Waals surface area (Å²) in [7, 11) is 0. The summed E-state index contributed by atoms with van der Waals surface area (Å²) < 4.78 is 0. The summed E-state index contributed by atoms with van der Waals surface area (Å²) in [5.41, 5.74) is 3.87. The second-order valence-electron chi connectivity index (χ2n) is 9.65. The minimum absolute atomic E-state index is 0.00494. The molecule has 168 valence electrons. The third-order valence-electron chi connectivity index (χ3n) is 7.43. The maximum Gasteiger partial charge on any atom is 0.237 e. The molecule has 2 amide bonds. The highest BCUT2D eigenvalue weighted by Gasteiger charge is 2.42. The molecular weight excluding hydrogens is 400 g/mol. The van der Waals surface area contributed by atoms with Crippen LogP contribution < -0.4 is 10.2 Å². The van der Waals surface area contributed by atoms with Gasteiger partial charge in [-0.15, -0.1) is 0 Å². The minimum Gasteiger partial charge on any atom is -0.342 e. The van der Waals surface area contributed by atoms with E-state index < -0.39 is 0 Å². The highest BCUT2D eigenvalue weighted by Crippen LogP contribution is 2.40. The van der Waals surface area contributed by atoms with Gasteiger partial charge in [-0.25, -0.2) is 0 Å². The van der Waals surface area contributed by atoms with Crippen molar-refractivity contribution in [1.82, 2.24) is 15.2 Å². The number of carbonyl (C=O) groups is 2. The average Bonchev–Trinajstić information content (AvgIpc) is 3.51. The van der Waals surface area contributed by atoms with Gasteiger partial charge in [-0.05, 0) is 67.9 Å². The van der Waals surface area contributed by atoms with E-state index in [0.29, 0.717) is 17.7 Å². The van der Waals surface area contributed by atoms with Crippen LogP contribution in [0.2, 0.25) is 0 Å². The summed E-state index contributed by atoms with van der Waals surface area (Å²) in [6.45, 7) is 7.26. The maximum atomic E-state index is 13.3. The number of aryl methyl sites for hydroxylation is 1. The van der Waals surface area contributed by atoms with E-state index in [1.54, 1.807) is 6.20 Å². The van der Waals surface area contributed by atoms with Crippen molar-refractivity contribution in [2.24, 2.45) is 17.8 Å². The Morgan fingerprint density at radius 2 is 1.78 bits per heavy atom. The average molecular weight is 433 g/mol. The van der Waals surface area contributed by atoms with Crippen LogP contribution in [-0.2, 0) is 9.59 Å². The second-order valence-corrected chi connectivity index (χ2v) is 9.65. The molecule has 6 heteroatoms. The SMILES string of the molecule is Cc1ncccc1N(C(=O)C1CNC1)c1ccc(C2CCN(C(=O)C3CC3C)CC2)cc1. The predicted octanol–water partition coefficient (Wildman–Crippen LogP) is 3.64. The normalized spacial score (nSPS) is 23.5. The number of anilines is 2. The molecule has 3 fully saturated rings. The topological polar surface area (TPSA) is 65.5 Å². The third kappa shape index (κ3) is 4.04. The quantitative estimate of drug-likeness (QED) is 0.784. The maximum absolute atomic E-state index is 13.3. The largest absolute Gasteiger partial charge is 0.342 e. The van der Waals surface area contributed by atoms with Crippen molar-refractivity contribution >= 4 is 23.2 Å². The first kappa shape index (κ1) is 21.1. The highest BCUT2D eigenvalue weighted by molar-refractivity contribution is 6.02. The zero-order valence-electron chi connectivity index (χ0n) is 19.0. The molecule has 2 aliphatic heterocycles.